The van der Waals surface area contributed by atoms with Crippen LogP contribution in [0.15, 0.2) is 35.4 Å². The van der Waals surface area contributed by atoms with Crippen LogP contribution in [0.5, 0.6) is 0 Å². The van der Waals surface area contributed by atoms with Gasteiger partial charge in [0.2, 0.25) is 5.95 Å². The summed E-state index contributed by atoms with van der Waals surface area (Å²) in [5, 5.41) is 1.10. The van der Waals surface area contributed by atoms with Gasteiger partial charge in [-0.1, -0.05) is 20.8 Å². The van der Waals surface area contributed by atoms with Gasteiger partial charge in [0, 0.05) is 47.8 Å². The molecule has 0 amide bonds. The van der Waals surface area contributed by atoms with Gasteiger partial charge in [-0.05, 0) is 49.1 Å². The predicted molar refractivity (Wildman–Crippen MR) is 116 cm³/mol. The third-order valence-electron chi connectivity index (χ3n) is 5.77. The number of sulfone groups is 1. The maximum Gasteiger partial charge on any atom is 0.226 e. The van der Waals surface area contributed by atoms with Crippen LogP contribution in [0.1, 0.15) is 43.8 Å². The van der Waals surface area contributed by atoms with Crippen LogP contribution in [0.25, 0.3) is 10.9 Å². The number of aryl methyl sites for hydroxylation is 2. The molecular weight excluding hydrogens is 384 g/mol. The number of hydrogen-bond acceptors (Lipinski definition) is 5. The first-order valence-corrected chi connectivity index (χ1v) is 12.0. The lowest BCUT2D eigenvalue weighted by Gasteiger charge is -2.39. The van der Waals surface area contributed by atoms with Crippen LogP contribution in [0, 0.1) is 12.8 Å². The normalized spacial score (nSPS) is 17.2. The minimum atomic E-state index is -3.27. The zero-order valence-electron chi connectivity index (χ0n) is 17.7. The van der Waals surface area contributed by atoms with Gasteiger partial charge in [-0.15, -0.1) is 0 Å². The van der Waals surface area contributed by atoms with E-state index in [1.807, 2.05) is 38.2 Å². The molecule has 1 aromatic carbocycles. The molecular formula is C22H28N4O2S. The van der Waals surface area contributed by atoms with E-state index < -0.39 is 9.84 Å². The zero-order valence-corrected chi connectivity index (χ0v) is 18.5. The maximum atomic E-state index is 12.4. The summed E-state index contributed by atoms with van der Waals surface area (Å²) < 4.78 is 27.0. The molecule has 0 spiro atoms. The molecule has 0 radical (unpaired) electrons. The van der Waals surface area contributed by atoms with Gasteiger partial charge in [-0.2, -0.15) is 0 Å². The molecule has 0 aliphatic carbocycles. The Hall–Kier alpha value is -2.41. The molecule has 7 heteroatoms. The van der Waals surface area contributed by atoms with E-state index in [0.29, 0.717) is 17.2 Å². The molecule has 4 rings (SSSR count). The van der Waals surface area contributed by atoms with Crippen molar-refractivity contribution in [1.82, 2.24) is 14.5 Å². The monoisotopic (exact) mass is 412 g/mol. The Labute approximate surface area is 172 Å². The summed E-state index contributed by atoms with van der Waals surface area (Å²) in [6.45, 7) is 9.95. The summed E-state index contributed by atoms with van der Waals surface area (Å²) in [4.78, 5) is 11.9. The van der Waals surface area contributed by atoms with E-state index in [0.717, 1.165) is 41.2 Å². The molecule has 0 N–H and O–H groups in total. The smallest absolute Gasteiger partial charge is 0.226 e. The lowest BCUT2D eigenvalue weighted by molar-refractivity contribution is 0.397. The summed E-state index contributed by atoms with van der Waals surface area (Å²) in [7, 11) is -3.27. The van der Waals surface area contributed by atoms with Crippen LogP contribution in [-0.4, -0.2) is 35.8 Å². The topological polar surface area (TPSA) is 68.1 Å². The van der Waals surface area contributed by atoms with Crippen LogP contribution in [0.4, 0.5) is 5.95 Å². The van der Waals surface area contributed by atoms with Gasteiger partial charge >= 0.3 is 0 Å². The van der Waals surface area contributed by atoms with Crippen LogP contribution in [0.2, 0.25) is 0 Å². The van der Waals surface area contributed by atoms with Crippen molar-refractivity contribution >= 4 is 26.7 Å². The molecule has 6 nitrogen and oxygen atoms in total. The van der Waals surface area contributed by atoms with Crippen molar-refractivity contribution in [3.05, 3.63) is 47.4 Å². The summed E-state index contributed by atoms with van der Waals surface area (Å²) in [5.74, 6) is 1.11. The van der Waals surface area contributed by atoms with Crippen molar-refractivity contribution < 1.29 is 8.42 Å². The van der Waals surface area contributed by atoms with Gasteiger partial charge in [0.15, 0.2) is 9.84 Å². The molecule has 1 atom stereocenters. The molecule has 0 saturated carbocycles. The van der Waals surface area contributed by atoms with Crippen molar-refractivity contribution in [2.75, 3.05) is 17.7 Å². The molecule has 2 aromatic heterocycles. The van der Waals surface area contributed by atoms with Gasteiger partial charge in [-0.25, -0.2) is 18.4 Å². The highest BCUT2D eigenvalue weighted by Crippen LogP contribution is 2.39. The second-order valence-electron chi connectivity index (χ2n) is 8.25. The number of hydrogen-bond donors (Lipinski definition) is 0. The Kier molecular flexibility index (Phi) is 4.89. The highest BCUT2D eigenvalue weighted by Gasteiger charge is 2.33. The number of aromatic nitrogens is 3. The van der Waals surface area contributed by atoms with Crippen molar-refractivity contribution in [1.29, 1.82) is 0 Å². The molecule has 1 aliphatic rings. The highest BCUT2D eigenvalue weighted by atomic mass is 32.2. The second kappa shape index (κ2) is 7.13. The van der Waals surface area contributed by atoms with E-state index in [9.17, 15) is 8.42 Å². The van der Waals surface area contributed by atoms with Gasteiger partial charge in [0.1, 0.15) is 0 Å². The molecule has 3 heterocycles. The Bertz CT molecular complexity index is 1180. The number of rotatable bonds is 4. The minimum Gasteiger partial charge on any atom is -0.341 e. The molecule has 29 heavy (non-hydrogen) atoms. The summed E-state index contributed by atoms with van der Waals surface area (Å²) >= 11 is 0. The van der Waals surface area contributed by atoms with E-state index in [-0.39, 0.29) is 6.04 Å². The van der Waals surface area contributed by atoms with Crippen molar-refractivity contribution in [2.24, 2.45) is 5.92 Å². The van der Waals surface area contributed by atoms with E-state index in [2.05, 4.69) is 39.3 Å². The first-order valence-electron chi connectivity index (χ1n) is 10.1. The van der Waals surface area contributed by atoms with Gasteiger partial charge in [0.05, 0.1) is 10.9 Å². The number of anilines is 1. The van der Waals surface area contributed by atoms with Gasteiger partial charge < -0.3 is 9.47 Å². The minimum absolute atomic E-state index is 0.129. The van der Waals surface area contributed by atoms with E-state index >= 15 is 0 Å². The lowest BCUT2D eigenvalue weighted by Crippen LogP contribution is -2.41. The second-order valence-corrected chi connectivity index (χ2v) is 10.2. The third kappa shape index (κ3) is 3.41. The van der Waals surface area contributed by atoms with Crippen molar-refractivity contribution in [3.8, 4) is 0 Å². The molecule has 3 aromatic rings. The summed E-state index contributed by atoms with van der Waals surface area (Å²) in [6.07, 6.45) is 3.79. The molecule has 0 fully saturated rings. The maximum absolute atomic E-state index is 12.4. The van der Waals surface area contributed by atoms with Gasteiger partial charge in [0.25, 0.3) is 0 Å². The largest absolute Gasteiger partial charge is 0.341 e. The van der Waals surface area contributed by atoms with E-state index in [1.54, 1.807) is 0 Å². The van der Waals surface area contributed by atoms with Crippen LogP contribution < -0.4 is 4.90 Å². The lowest BCUT2D eigenvalue weighted by atomic mass is 9.97. The fourth-order valence-corrected chi connectivity index (χ4v) is 5.49. The molecule has 1 aliphatic heterocycles. The number of fused-ring (bicyclic) bond motifs is 3. The van der Waals surface area contributed by atoms with E-state index in [4.69, 9.17) is 0 Å². The summed E-state index contributed by atoms with van der Waals surface area (Å²) in [5.41, 5.74) is 4.02. The van der Waals surface area contributed by atoms with E-state index in [1.165, 1.54) is 11.9 Å². The molecule has 0 unspecified atom stereocenters. The Balaban J connectivity index is 1.91. The predicted octanol–water partition coefficient (Wildman–Crippen LogP) is 3.92. The fraction of sp³-hybridized carbons (Fsp3) is 0.455. The fourth-order valence-electron chi connectivity index (χ4n) is 4.48. The average molecular weight is 413 g/mol. The Morgan fingerprint density at radius 3 is 2.59 bits per heavy atom. The number of nitrogens with zero attached hydrogens (tertiary/aromatic N) is 4. The van der Waals surface area contributed by atoms with Gasteiger partial charge in [-0.3, -0.25) is 0 Å². The first-order chi connectivity index (χ1) is 13.7. The highest BCUT2D eigenvalue weighted by molar-refractivity contribution is 7.90. The third-order valence-corrected chi connectivity index (χ3v) is 6.95. The average Bonchev–Trinajstić information content (AvgIpc) is 3.02. The molecule has 154 valence electrons. The standard InChI is InChI=1S/C22H28N4O2S/c1-6-16-11-17-12-19-21(14(2)3)26(22-23-8-7-15(4)24-22)10-9-25(19)18(17)13-20(16)29(5,27)28/h7-8,11-14,21H,6,9-10H2,1-5H3/t21-/m0/s1. The Morgan fingerprint density at radius 2 is 1.97 bits per heavy atom. The van der Waals surface area contributed by atoms with Crippen LogP contribution in [0.3, 0.4) is 0 Å². The molecule has 0 saturated heterocycles. The zero-order chi connectivity index (χ0) is 20.9. The van der Waals surface area contributed by atoms with Crippen molar-refractivity contribution in [3.63, 3.8) is 0 Å². The Morgan fingerprint density at radius 1 is 1.21 bits per heavy atom. The quantitative estimate of drug-likeness (QED) is 0.650. The van der Waals surface area contributed by atoms with Crippen LogP contribution >= 0.6 is 0 Å². The van der Waals surface area contributed by atoms with Crippen molar-refractivity contribution in [2.45, 2.75) is 51.6 Å². The number of benzene rings is 1. The van der Waals surface area contributed by atoms with Crippen LogP contribution in [-0.2, 0) is 22.8 Å². The SMILES string of the molecule is CCc1cc2cc3n(c2cc1S(C)(=O)=O)CCN(c1nccc(C)n1)[C@H]3C(C)C. The molecule has 0 bridgehead atoms. The summed E-state index contributed by atoms with van der Waals surface area (Å²) in [6, 6.07) is 8.16. The first kappa shape index (κ1) is 19.9.